The molecule has 3 heterocycles. The molecule has 0 unspecified atom stereocenters. The summed E-state index contributed by atoms with van der Waals surface area (Å²) in [6, 6.07) is 14.5. The Labute approximate surface area is 278 Å². The lowest BCUT2D eigenvalue weighted by atomic mass is 9.94. The van der Waals surface area contributed by atoms with E-state index in [0.717, 1.165) is 16.7 Å². The maximum atomic E-state index is 16.1. The fourth-order valence-corrected chi connectivity index (χ4v) is 6.75. The van der Waals surface area contributed by atoms with Gasteiger partial charge < -0.3 is 19.2 Å². The van der Waals surface area contributed by atoms with Crippen LogP contribution in [0.2, 0.25) is 18.1 Å². The number of hydrogen-bond donors (Lipinski definition) is 1. The second-order valence-corrected chi connectivity index (χ2v) is 18.8. The third kappa shape index (κ3) is 7.50. The van der Waals surface area contributed by atoms with Crippen LogP contribution in [0.15, 0.2) is 60.9 Å². The first kappa shape index (κ1) is 34.5. The summed E-state index contributed by atoms with van der Waals surface area (Å²) in [6.07, 6.45) is 3.90. The van der Waals surface area contributed by atoms with Crippen LogP contribution >= 0.6 is 0 Å². The normalized spacial score (nSPS) is 13.7. The van der Waals surface area contributed by atoms with E-state index in [0.29, 0.717) is 61.3 Å². The van der Waals surface area contributed by atoms with Crippen molar-refractivity contribution in [2.45, 2.75) is 78.2 Å². The largest absolute Gasteiger partial charge is 0.489 e. The van der Waals surface area contributed by atoms with E-state index in [-0.39, 0.29) is 29.7 Å². The van der Waals surface area contributed by atoms with Crippen molar-refractivity contribution in [3.05, 3.63) is 89.1 Å². The van der Waals surface area contributed by atoms with Crippen LogP contribution in [0, 0.1) is 5.82 Å². The fraction of sp³-hybridized carbons (Fsp3) is 0.432. The summed E-state index contributed by atoms with van der Waals surface area (Å²) in [5.41, 5.74) is 5.61. The van der Waals surface area contributed by atoms with E-state index >= 15 is 4.39 Å². The summed E-state index contributed by atoms with van der Waals surface area (Å²) in [6.45, 7) is 17.5. The Morgan fingerprint density at radius 2 is 1.79 bits per heavy atom. The Kier molecular flexibility index (Phi) is 10.3. The number of pyridine rings is 1. The van der Waals surface area contributed by atoms with Crippen LogP contribution in [0.1, 0.15) is 67.7 Å². The Bertz CT molecular complexity index is 1720. The van der Waals surface area contributed by atoms with Gasteiger partial charge >= 0.3 is 0 Å². The first-order valence-corrected chi connectivity index (χ1v) is 19.3. The van der Waals surface area contributed by atoms with E-state index in [1.807, 2.05) is 24.3 Å². The number of aliphatic hydroxyl groups is 1. The molecule has 10 heteroatoms. The van der Waals surface area contributed by atoms with Crippen LogP contribution in [-0.2, 0) is 24.0 Å². The number of ether oxygens (including phenoxy) is 1. The van der Waals surface area contributed by atoms with Crippen LogP contribution in [0.3, 0.4) is 0 Å². The van der Waals surface area contributed by atoms with E-state index < -0.39 is 14.1 Å². The second kappa shape index (κ2) is 14.1. The Balaban J connectivity index is 1.42. The maximum Gasteiger partial charge on any atom is 0.272 e. The van der Waals surface area contributed by atoms with Gasteiger partial charge in [0.25, 0.3) is 5.91 Å². The molecule has 47 heavy (non-hydrogen) atoms. The smallest absolute Gasteiger partial charge is 0.272 e. The first-order valence-electron chi connectivity index (χ1n) is 16.4. The van der Waals surface area contributed by atoms with Crippen molar-refractivity contribution in [1.82, 2.24) is 19.7 Å². The molecule has 0 bridgehead atoms. The molecule has 0 atom stereocenters. The van der Waals surface area contributed by atoms with Crippen LogP contribution in [0.5, 0.6) is 5.75 Å². The van der Waals surface area contributed by atoms with E-state index in [9.17, 15) is 9.90 Å². The third-order valence-electron chi connectivity index (χ3n) is 9.43. The Morgan fingerprint density at radius 3 is 2.45 bits per heavy atom. The second-order valence-electron chi connectivity index (χ2n) is 14.0. The molecule has 250 valence electrons. The average molecular weight is 659 g/mol. The summed E-state index contributed by atoms with van der Waals surface area (Å²) in [7, 11) is -1.98. The van der Waals surface area contributed by atoms with Crippen LogP contribution in [0.4, 0.5) is 4.39 Å². The van der Waals surface area contributed by atoms with Gasteiger partial charge in [0, 0.05) is 54.8 Å². The van der Waals surface area contributed by atoms with E-state index in [1.54, 1.807) is 34.1 Å². The molecular formula is C37H47FN4O4Si. The van der Waals surface area contributed by atoms with Gasteiger partial charge in [-0.05, 0) is 71.4 Å². The van der Waals surface area contributed by atoms with Crippen LogP contribution in [-0.4, -0.2) is 65.3 Å². The number of carbonyl (C=O) groups is 1. The summed E-state index contributed by atoms with van der Waals surface area (Å²) in [5, 5.41) is 14.4. The number of aromatic nitrogens is 3. The monoisotopic (exact) mass is 658 g/mol. The lowest BCUT2D eigenvalue weighted by Crippen LogP contribution is -2.46. The zero-order valence-electron chi connectivity index (χ0n) is 28.6. The zero-order chi connectivity index (χ0) is 33.9. The number of hydrogen-bond acceptors (Lipinski definition) is 6. The Morgan fingerprint density at radius 1 is 1.04 bits per heavy atom. The lowest BCUT2D eigenvalue weighted by Gasteiger charge is -2.37. The molecule has 2 aromatic heterocycles. The zero-order valence-corrected chi connectivity index (χ0v) is 29.6. The molecule has 0 radical (unpaired) electrons. The molecule has 2 aromatic carbocycles. The molecule has 1 aliphatic heterocycles. The molecule has 8 nitrogen and oxygen atoms in total. The molecule has 0 saturated heterocycles. The molecule has 0 aliphatic carbocycles. The Hall–Kier alpha value is -3.86. The highest BCUT2D eigenvalue weighted by molar-refractivity contribution is 6.74. The van der Waals surface area contributed by atoms with Crippen molar-refractivity contribution < 1.29 is 23.5 Å². The highest BCUT2D eigenvalue weighted by atomic mass is 28.4. The molecule has 1 amide bonds. The van der Waals surface area contributed by atoms with Crippen molar-refractivity contribution in [2.75, 3.05) is 26.3 Å². The van der Waals surface area contributed by atoms with Gasteiger partial charge in [-0.25, -0.2) is 4.39 Å². The number of fused-ring (bicyclic) bond motifs is 1. The summed E-state index contributed by atoms with van der Waals surface area (Å²) >= 11 is 0. The molecular weight excluding hydrogens is 612 g/mol. The quantitative estimate of drug-likeness (QED) is 0.159. The van der Waals surface area contributed by atoms with Gasteiger partial charge in [0.2, 0.25) is 0 Å². The number of amides is 1. The van der Waals surface area contributed by atoms with Crippen LogP contribution < -0.4 is 4.74 Å². The molecule has 0 fully saturated rings. The number of halogens is 1. The minimum Gasteiger partial charge on any atom is -0.489 e. The first-order chi connectivity index (χ1) is 22.3. The lowest BCUT2D eigenvalue weighted by molar-refractivity contribution is 0.0666. The molecule has 4 aromatic rings. The highest BCUT2D eigenvalue weighted by Gasteiger charge is 2.38. The molecule has 0 spiro atoms. The SMILES string of the molecule is CC(C)c1ccc(COc2ccc(-c3c(-c4ccncc4)nn4c3C(=O)N(CCO[Si](C)(C)C(C)(C)C)CC4)c(F)c2)cc1CCO. The van der Waals surface area contributed by atoms with Gasteiger partial charge in [0.15, 0.2) is 8.32 Å². The van der Waals surface area contributed by atoms with Crippen molar-refractivity contribution >= 4 is 14.2 Å². The van der Waals surface area contributed by atoms with Crippen molar-refractivity contribution in [3.63, 3.8) is 0 Å². The average Bonchev–Trinajstić information content (AvgIpc) is 3.41. The standard InChI is InChI=1S/C37H47FN4O4Si/c1-25(2)30-10-8-26(22-28(30)14-20-43)24-45-29-9-11-31(32(38)23-29)33-34(27-12-15-39-16-13-27)40-42-18-17-41(36(44)35(33)42)19-21-46-47(6,7)37(3,4)5/h8-13,15-16,22-23,25,43H,14,17-21,24H2,1-7H3. The number of rotatable bonds is 12. The van der Waals surface area contributed by atoms with Crippen molar-refractivity contribution in [3.8, 4) is 28.1 Å². The maximum absolute atomic E-state index is 16.1. The van der Waals surface area contributed by atoms with E-state index in [4.69, 9.17) is 14.3 Å². The van der Waals surface area contributed by atoms with Gasteiger partial charge in [-0.15, -0.1) is 0 Å². The van der Waals surface area contributed by atoms with Crippen molar-refractivity contribution in [2.24, 2.45) is 0 Å². The summed E-state index contributed by atoms with van der Waals surface area (Å²) in [5.74, 6) is 0.0246. The predicted molar refractivity (Wildman–Crippen MR) is 186 cm³/mol. The van der Waals surface area contributed by atoms with Crippen molar-refractivity contribution in [1.29, 1.82) is 0 Å². The van der Waals surface area contributed by atoms with Gasteiger partial charge in [0.05, 0.1) is 13.2 Å². The molecule has 1 aliphatic rings. The molecule has 0 saturated carbocycles. The third-order valence-corrected chi connectivity index (χ3v) is 14.0. The van der Waals surface area contributed by atoms with E-state index in [2.05, 4.69) is 58.8 Å². The number of carbonyl (C=O) groups excluding carboxylic acids is 1. The van der Waals surface area contributed by atoms with Gasteiger partial charge in [-0.1, -0.05) is 52.8 Å². The molecule has 5 rings (SSSR count). The minimum absolute atomic E-state index is 0.0682. The highest BCUT2D eigenvalue weighted by Crippen LogP contribution is 2.39. The van der Waals surface area contributed by atoms with Gasteiger partial charge in [0.1, 0.15) is 29.6 Å². The number of nitrogens with zero attached hydrogens (tertiary/aromatic N) is 4. The number of aliphatic hydroxyl groups excluding tert-OH is 1. The minimum atomic E-state index is -1.98. The van der Waals surface area contributed by atoms with Gasteiger partial charge in [-0.2, -0.15) is 5.10 Å². The molecule has 1 N–H and O–H groups in total. The number of benzene rings is 2. The van der Waals surface area contributed by atoms with Gasteiger partial charge in [-0.3, -0.25) is 14.5 Å². The van der Waals surface area contributed by atoms with Crippen LogP contribution in [0.25, 0.3) is 22.4 Å². The summed E-state index contributed by atoms with van der Waals surface area (Å²) < 4.78 is 30.2. The predicted octanol–water partition coefficient (Wildman–Crippen LogP) is 7.47. The fourth-order valence-electron chi connectivity index (χ4n) is 5.72. The summed E-state index contributed by atoms with van der Waals surface area (Å²) in [4.78, 5) is 20.0. The van der Waals surface area contributed by atoms with E-state index in [1.165, 1.54) is 11.6 Å². The topological polar surface area (TPSA) is 89.7 Å².